The Bertz CT molecular complexity index is 463. The fourth-order valence-electron chi connectivity index (χ4n) is 3.71. The smallest absolute Gasteiger partial charge is 0.312 e. The molecule has 0 N–H and O–H groups in total. The lowest BCUT2D eigenvalue weighted by atomic mass is 9.77. The molecule has 1 rings (SSSR count). The Morgan fingerprint density at radius 3 is 1.67 bits per heavy atom. The highest BCUT2D eigenvalue weighted by Crippen LogP contribution is 2.66. The van der Waals surface area contributed by atoms with Crippen LogP contribution in [0.5, 0.6) is 0 Å². The Balaban J connectivity index is 3.27. The molecular formula is C16H34O6P2. The third kappa shape index (κ3) is 4.72. The van der Waals surface area contributed by atoms with E-state index in [1.54, 1.807) is 0 Å². The molecule has 0 bridgehead atoms. The third-order valence-electron chi connectivity index (χ3n) is 5.18. The lowest BCUT2D eigenvalue weighted by Gasteiger charge is -2.44. The van der Waals surface area contributed by atoms with Crippen molar-refractivity contribution in [1.82, 2.24) is 0 Å². The molecule has 0 amide bonds. The van der Waals surface area contributed by atoms with Gasteiger partial charge in [0.1, 0.15) is 0 Å². The Kier molecular flexibility index (Phi) is 8.66. The van der Waals surface area contributed by atoms with Crippen LogP contribution in [0.1, 0.15) is 47.5 Å². The second-order valence-corrected chi connectivity index (χ2v) is 11.5. The fraction of sp³-hybridized carbons (Fsp3) is 1.00. The van der Waals surface area contributed by atoms with Crippen molar-refractivity contribution in [3.8, 4) is 0 Å². The molecule has 0 aromatic heterocycles. The van der Waals surface area contributed by atoms with Gasteiger partial charge in [-0.1, -0.05) is 20.8 Å². The predicted octanol–water partition coefficient (Wildman–Crippen LogP) is 5.18. The number of hydrogen-bond acceptors (Lipinski definition) is 6. The molecular weight excluding hydrogens is 350 g/mol. The molecule has 0 spiro atoms. The van der Waals surface area contributed by atoms with E-state index in [2.05, 4.69) is 13.8 Å². The van der Waals surface area contributed by atoms with Crippen LogP contribution in [0.4, 0.5) is 0 Å². The summed E-state index contributed by atoms with van der Waals surface area (Å²) in [5.74, 6) is 0.500. The summed E-state index contributed by atoms with van der Waals surface area (Å²) in [4.78, 5) is 0. The van der Waals surface area contributed by atoms with E-state index < -0.39 is 15.2 Å². The Labute approximate surface area is 147 Å². The monoisotopic (exact) mass is 384 g/mol. The Morgan fingerprint density at radius 2 is 1.33 bits per heavy atom. The first-order valence-corrected chi connectivity index (χ1v) is 12.0. The van der Waals surface area contributed by atoms with Crippen LogP contribution in [0, 0.1) is 17.8 Å². The van der Waals surface area contributed by atoms with E-state index >= 15 is 0 Å². The summed E-state index contributed by atoms with van der Waals surface area (Å²) in [6.45, 7) is 10.5. The van der Waals surface area contributed by atoms with Crippen molar-refractivity contribution >= 4 is 15.2 Å². The Morgan fingerprint density at radius 1 is 0.917 bits per heavy atom. The summed E-state index contributed by atoms with van der Waals surface area (Å²) in [6.07, 6.45) is 1.46. The van der Waals surface area contributed by atoms with Gasteiger partial charge >= 0.3 is 15.2 Å². The summed E-state index contributed by atoms with van der Waals surface area (Å²) in [5.41, 5.74) is -0.616. The van der Waals surface area contributed by atoms with E-state index in [0.29, 0.717) is 19.1 Å². The van der Waals surface area contributed by atoms with E-state index in [1.807, 2.05) is 20.8 Å². The molecule has 144 valence electrons. The summed E-state index contributed by atoms with van der Waals surface area (Å²) >= 11 is 0. The van der Waals surface area contributed by atoms with E-state index in [0.717, 1.165) is 12.8 Å². The second-order valence-electron chi connectivity index (χ2n) is 6.75. The van der Waals surface area contributed by atoms with Gasteiger partial charge in [0.2, 0.25) is 0 Å². The maximum Gasteiger partial charge on any atom is 0.334 e. The van der Waals surface area contributed by atoms with Gasteiger partial charge in [-0.05, 0) is 44.4 Å². The quantitative estimate of drug-likeness (QED) is 0.510. The van der Waals surface area contributed by atoms with Gasteiger partial charge in [-0.25, -0.2) is 0 Å². The predicted molar refractivity (Wildman–Crippen MR) is 96.8 cm³/mol. The molecule has 8 heteroatoms. The summed E-state index contributed by atoms with van der Waals surface area (Å²) in [5, 5.41) is 0. The molecule has 1 aliphatic rings. The standard InChI is InChI=1S/C16H34O6P2/c1-8-21-24(18,22-9-2)16-11-14(12(3)4)10-15(13(16)5)23(17,19-6)20-7/h12-16H,8-11H2,1-7H3. The molecule has 6 nitrogen and oxygen atoms in total. The Hall–Kier alpha value is 0.300. The highest BCUT2D eigenvalue weighted by atomic mass is 31.2. The van der Waals surface area contributed by atoms with Gasteiger partial charge in [0.05, 0.1) is 24.5 Å². The largest absolute Gasteiger partial charge is 0.334 e. The fourth-order valence-corrected chi connectivity index (χ4v) is 8.34. The van der Waals surface area contributed by atoms with Crippen LogP contribution in [-0.4, -0.2) is 38.8 Å². The highest BCUT2D eigenvalue weighted by molar-refractivity contribution is 7.55. The van der Waals surface area contributed by atoms with Crippen LogP contribution < -0.4 is 0 Å². The molecule has 1 saturated carbocycles. The first-order valence-electron chi connectivity index (χ1n) is 8.78. The molecule has 0 aliphatic heterocycles. The minimum absolute atomic E-state index is 0.144. The molecule has 1 fully saturated rings. The summed E-state index contributed by atoms with van der Waals surface area (Å²) < 4.78 is 48.2. The van der Waals surface area contributed by atoms with Crippen LogP contribution in [0.2, 0.25) is 0 Å². The van der Waals surface area contributed by atoms with Gasteiger partial charge < -0.3 is 18.1 Å². The molecule has 4 atom stereocenters. The molecule has 0 radical (unpaired) electrons. The van der Waals surface area contributed by atoms with E-state index in [4.69, 9.17) is 18.1 Å². The molecule has 0 aromatic rings. The van der Waals surface area contributed by atoms with Crippen LogP contribution in [0.25, 0.3) is 0 Å². The van der Waals surface area contributed by atoms with Gasteiger partial charge in [0.15, 0.2) is 0 Å². The molecule has 0 saturated heterocycles. The maximum absolute atomic E-state index is 13.4. The zero-order valence-electron chi connectivity index (χ0n) is 16.1. The van der Waals surface area contributed by atoms with Crippen molar-refractivity contribution in [3.63, 3.8) is 0 Å². The average molecular weight is 384 g/mol. The van der Waals surface area contributed by atoms with Gasteiger partial charge in [-0.3, -0.25) is 9.13 Å². The minimum Gasteiger partial charge on any atom is -0.312 e. The normalized spacial score (nSPS) is 29.2. The lowest BCUT2D eigenvalue weighted by molar-refractivity contribution is 0.159. The van der Waals surface area contributed by atoms with Gasteiger partial charge in [0.25, 0.3) is 0 Å². The first-order chi connectivity index (χ1) is 11.2. The second kappa shape index (κ2) is 9.30. The molecule has 4 unspecified atom stereocenters. The highest BCUT2D eigenvalue weighted by Gasteiger charge is 2.52. The minimum atomic E-state index is -3.29. The first kappa shape index (κ1) is 22.3. The number of rotatable bonds is 9. The van der Waals surface area contributed by atoms with Gasteiger partial charge in [0, 0.05) is 14.2 Å². The number of hydrogen-bond donors (Lipinski definition) is 0. The molecule has 24 heavy (non-hydrogen) atoms. The zero-order valence-corrected chi connectivity index (χ0v) is 17.8. The average Bonchev–Trinajstić information content (AvgIpc) is 2.54. The van der Waals surface area contributed by atoms with E-state index in [9.17, 15) is 9.13 Å². The third-order valence-corrected chi connectivity index (χ3v) is 10.4. The van der Waals surface area contributed by atoms with Crippen molar-refractivity contribution in [2.45, 2.75) is 58.8 Å². The SMILES string of the molecule is CCOP(=O)(OCC)C1CC(C(C)C)CC(P(=O)(OC)OC)C1C. The van der Waals surface area contributed by atoms with Crippen molar-refractivity contribution in [2.24, 2.45) is 17.8 Å². The molecule has 0 aromatic carbocycles. The van der Waals surface area contributed by atoms with Crippen LogP contribution >= 0.6 is 15.2 Å². The van der Waals surface area contributed by atoms with Crippen molar-refractivity contribution < 1.29 is 27.2 Å². The zero-order chi connectivity index (χ0) is 18.5. The van der Waals surface area contributed by atoms with Crippen molar-refractivity contribution in [2.75, 3.05) is 27.4 Å². The van der Waals surface area contributed by atoms with Crippen molar-refractivity contribution in [3.05, 3.63) is 0 Å². The van der Waals surface area contributed by atoms with E-state index in [1.165, 1.54) is 14.2 Å². The summed E-state index contributed by atoms with van der Waals surface area (Å²) in [7, 11) is -3.73. The van der Waals surface area contributed by atoms with Crippen LogP contribution in [0.3, 0.4) is 0 Å². The van der Waals surface area contributed by atoms with Crippen LogP contribution in [0.15, 0.2) is 0 Å². The molecule has 1 aliphatic carbocycles. The summed E-state index contributed by atoms with van der Waals surface area (Å²) in [6, 6.07) is 0. The van der Waals surface area contributed by atoms with Gasteiger partial charge in [-0.15, -0.1) is 0 Å². The maximum atomic E-state index is 13.4. The molecule has 0 heterocycles. The van der Waals surface area contributed by atoms with Crippen molar-refractivity contribution in [1.29, 1.82) is 0 Å². The van der Waals surface area contributed by atoms with Gasteiger partial charge in [-0.2, -0.15) is 0 Å². The lowest BCUT2D eigenvalue weighted by Crippen LogP contribution is -2.40. The van der Waals surface area contributed by atoms with E-state index in [-0.39, 0.29) is 23.2 Å². The van der Waals surface area contributed by atoms with Crippen LogP contribution in [-0.2, 0) is 27.2 Å². The topological polar surface area (TPSA) is 71.1 Å².